The van der Waals surface area contributed by atoms with Crippen LogP contribution in [0.4, 0.5) is 5.69 Å². The van der Waals surface area contributed by atoms with Crippen LogP contribution in [0.1, 0.15) is 32.3 Å². The summed E-state index contributed by atoms with van der Waals surface area (Å²) >= 11 is 0. The van der Waals surface area contributed by atoms with Crippen LogP contribution in [0.25, 0.3) is 0 Å². The SMILES string of the molecule is CC(C)(O)CNCCN(C1CCN(Cc2ccccc2)CC1)S(=O)(=O)c1ccc(N)cc1. The van der Waals surface area contributed by atoms with E-state index in [4.69, 9.17) is 5.73 Å². The van der Waals surface area contributed by atoms with Gasteiger partial charge in [-0.05, 0) is 56.5 Å². The number of rotatable bonds is 10. The molecule has 0 aliphatic carbocycles. The fourth-order valence-corrected chi connectivity index (χ4v) is 5.75. The summed E-state index contributed by atoms with van der Waals surface area (Å²) in [6.07, 6.45) is 1.57. The molecule has 32 heavy (non-hydrogen) atoms. The molecule has 0 bridgehead atoms. The molecule has 8 heteroatoms. The number of sulfonamides is 1. The fraction of sp³-hybridized carbons (Fsp3) is 0.500. The van der Waals surface area contributed by atoms with E-state index in [1.807, 2.05) is 18.2 Å². The minimum atomic E-state index is -3.65. The summed E-state index contributed by atoms with van der Waals surface area (Å²) in [4.78, 5) is 2.65. The molecule has 176 valence electrons. The van der Waals surface area contributed by atoms with Gasteiger partial charge in [0.05, 0.1) is 10.5 Å². The van der Waals surface area contributed by atoms with Crippen LogP contribution < -0.4 is 11.1 Å². The molecule has 2 aromatic carbocycles. The van der Waals surface area contributed by atoms with E-state index >= 15 is 0 Å². The molecule has 1 fully saturated rings. The van der Waals surface area contributed by atoms with Crippen LogP contribution in [-0.4, -0.2) is 67.1 Å². The van der Waals surface area contributed by atoms with Crippen molar-refractivity contribution in [1.82, 2.24) is 14.5 Å². The van der Waals surface area contributed by atoms with Gasteiger partial charge >= 0.3 is 0 Å². The third-order valence-electron chi connectivity index (χ3n) is 5.77. The van der Waals surface area contributed by atoms with Crippen molar-refractivity contribution in [3.63, 3.8) is 0 Å². The first-order chi connectivity index (χ1) is 15.1. The van der Waals surface area contributed by atoms with Gasteiger partial charge in [0, 0.05) is 51.0 Å². The monoisotopic (exact) mass is 460 g/mol. The third-order valence-corrected chi connectivity index (χ3v) is 7.73. The van der Waals surface area contributed by atoms with Gasteiger partial charge in [0.15, 0.2) is 0 Å². The summed E-state index contributed by atoms with van der Waals surface area (Å²) in [5.41, 5.74) is 6.72. The normalized spacial score (nSPS) is 16.5. The molecule has 0 aromatic heterocycles. The highest BCUT2D eigenvalue weighted by atomic mass is 32.2. The van der Waals surface area contributed by atoms with Crippen molar-refractivity contribution >= 4 is 15.7 Å². The molecular formula is C24H36N4O3S. The Morgan fingerprint density at radius 1 is 1.09 bits per heavy atom. The highest BCUT2D eigenvalue weighted by molar-refractivity contribution is 7.89. The van der Waals surface area contributed by atoms with E-state index in [-0.39, 0.29) is 10.9 Å². The molecule has 0 saturated carbocycles. The first-order valence-corrected chi connectivity index (χ1v) is 12.7. The van der Waals surface area contributed by atoms with Gasteiger partial charge in [0.25, 0.3) is 0 Å². The average Bonchev–Trinajstić information content (AvgIpc) is 2.75. The molecule has 1 aliphatic heterocycles. The van der Waals surface area contributed by atoms with Gasteiger partial charge in [-0.25, -0.2) is 8.42 Å². The number of nitrogens with zero attached hydrogens (tertiary/aromatic N) is 2. The maximum Gasteiger partial charge on any atom is 0.243 e. The van der Waals surface area contributed by atoms with Crippen molar-refractivity contribution in [2.75, 3.05) is 38.5 Å². The number of hydrogen-bond donors (Lipinski definition) is 3. The number of nitrogens with one attached hydrogen (secondary N) is 1. The Labute approximate surface area is 192 Å². The lowest BCUT2D eigenvalue weighted by Crippen LogP contribution is -2.49. The lowest BCUT2D eigenvalue weighted by atomic mass is 10.0. The minimum Gasteiger partial charge on any atom is -0.399 e. The van der Waals surface area contributed by atoms with E-state index < -0.39 is 15.6 Å². The van der Waals surface area contributed by atoms with Gasteiger partial charge in [-0.15, -0.1) is 0 Å². The van der Waals surface area contributed by atoms with Crippen LogP contribution in [0.2, 0.25) is 0 Å². The Hall–Kier alpha value is -1.97. The number of aliphatic hydroxyl groups is 1. The molecule has 0 atom stereocenters. The predicted molar refractivity (Wildman–Crippen MR) is 129 cm³/mol. The van der Waals surface area contributed by atoms with Gasteiger partial charge in [0.2, 0.25) is 10.0 Å². The lowest BCUT2D eigenvalue weighted by Gasteiger charge is -2.38. The molecule has 0 amide bonds. The van der Waals surface area contributed by atoms with E-state index in [9.17, 15) is 13.5 Å². The maximum absolute atomic E-state index is 13.5. The number of anilines is 1. The zero-order chi connectivity index (χ0) is 23.2. The standard InChI is InChI=1S/C24H36N4O3S/c1-24(2,29)19-26-14-17-28(32(30,31)23-10-8-21(25)9-11-23)22-12-15-27(16-13-22)18-20-6-4-3-5-7-20/h3-11,22,26,29H,12-19,25H2,1-2H3. The summed E-state index contributed by atoms with van der Waals surface area (Å²) in [6.45, 7) is 7.27. The van der Waals surface area contributed by atoms with Crippen LogP contribution in [0.5, 0.6) is 0 Å². The second-order valence-corrected chi connectivity index (χ2v) is 11.1. The summed E-state index contributed by atoms with van der Waals surface area (Å²) in [6, 6.07) is 16.7. The number of hydrogen-bond acceptors (Lipinski definition) is 6. The third kappa shape index (κ3) is 7.02. The summed E-state index contributed by atoms with van der Waals surface area (Å²) in [7, 11) is -3.65. The molecular weight excluding hydrogens is 424 g/mol. The lowest BCUT2D eigenvalue weighted by molar-refractivity contribution is 0.0790. The minimum absolute atomic E-state index is 0.0616. The van der Waals surface area contributed by atoms with Gasteiger partial charge in [-0.1, -0.05) is 30.3 Å². The maximum atomic E-state index is 13.5. The Bertz CT molecular complexity index is 935. The largest absolute Gasteiger partial charge is 0.399 e. The Morgan fingerprint density at radius 2 is 1.72 bits per heavy atom. The van der Waals surface area contributed by atoms with Crippen LogP contribution in [0.15, 0.2) is 59.5 Å². The summed E-state index contributed by atoms with van der Waals surface area (Å²) < 4.78 is 28.6. The van der Waals surface area contributed by atoms with Crippen molar-refractivity contribution in [2.45, 2.75) is 49.8 Å². The Balaban J connectivity index is 1.68. The highest BCUT2D eigenvalue weighted by Crippen LogP contribution is 2.25. The van der Waals surface area contributed by atoms with Crippen molar-refractivity contribution in [3.05, 3.63) is 60.2 Å². The van der Waals surface area contributed by atoms with Crippen LogP contribution >= 0.6 is 0 Å². The van der Waals surface area contributed by atoms with Crippen molar-refractivity contribution in [3.8, 4) is 0 Å². The van der Waals surface area contributed by atoms with E-state index in [1.165, 1.54) is 5.56 Å². The summed E-state index contributed by atoms with van der Waals surface area (Å²) in [5.74, 6) is 0. The first kappa shape index (κ1) is 24.7. The topological polar surface area (TPSA) is 98.9 Å². The van der Waals surface area contributed by atoms with E-state index in [0.29, 0.717) is 25.3 Å². The molecule has 0 unspecified atom stereocenters. The molecule has 0 spiro atoms. The Kier molecular flexibility index (Phi) is 8.30. The molecule has 3 rings (SSSR count). The predicted octanol–water partition coefficient (Wildman–Crippen LogP) is 2.28. The number of nitrogens with two attached hydrogens (primary N) is 1. The number of likely N-dealkylation sites (tertiary alicyclic amines) is 1. The number of piperidine rings is 1. The smallest absolute Gasteiger partial charge is 0.243 e. The van der Waals surface area contributed by atoms with Gasteiger partial charge in [0.1, 0.15) is 0 Å². The summed E-state index contributed by atoms with van der Waals surface area (Å²) in [5, 5.41) is 13.1. The van der Waals surface area contributed by atoms with Gasteiger partial charge < -0.3 is 16.2 Å². The van der Waals surface area contributed by atoms with Crippen molar-refractivity contribution < 1.29 is 13.5 Å². The molecule has 0 radical (unpaired) electrons. The van der Waals surface area contributed by atoms with Gasteiger partial charge in [-0.3, -0.25) is 4.90 Å². The molecule has 4 N–H and O–H groups in total. The van der Waals surface area contributed by atoms with Crippen LogP contribution in [0.3, 0.4) is 0 Å². The van der Waals surface area contributed by atoms with Gasteiger partial charge in [-0.2, -0.15) is 4.31 Å². The first-order valence-electron chi connectivity index (χ1n) is 11.2. The molecule has 7 nitrogen and oxygen atoms in total. The van der Waals surface area contributed by atoms with Crippen molar-refractivity contribution in [1.29, 1.82) is 0 Å². The van der Waals surface area contributed by atoms with E-state index in [2.05, 4.69) is 22.3 Å². The zero-order valence-electron chi connectivity index (χ0n) is 19.1. The molecule has 1 heterocycles. The second-order valence-electron chi connectivity index (χ2n) is 9.17. The number of nitrogen functional groups attached to an aromatic ring is 1. The molecule has 2 aromatic rings. The number of benzene rings is 2. The van der Waals surface area contributed by atoms with Crippen LogP contribution in [-0.2, 0) is 16.6 Å². The Morgan fingerprint density at radius 3 is 2.31 bits per heavy atom. The highest BCUT2D eigenvalue weighted by Gasteiger charge is 2.33. The van der Waals surface area contributed by atoms with E-state index in [1.54, 1.807) is 42.4 Å². The zero-order valence-corrected chi connectivity index (χ0v) is 19.9. The fourth-order valence-electron chi connectivity index (χ4n) is 4.06. The van der Waals surface area contributed by atoms with E-state index in [0.717, 1.165) is 32.5 Å². The molecule has 1 saturated heterocycles. The molecule has 1 aliphatic rings. The van der Waals surface area contributed by atoms with Crippen molar-refractivity contribution in [2.24, 2.45) is 0 Å². The average molecular weight is 461 g/mol. The quantitative estimate of drug-likeness (QED) is 0.372. The van der Waals surface area contributed by atoms with Crippen LogP contribution in [0, 0.1) is 0 Å². The second kappa shape index (κ2) is 10.8.